The molecule has 0 saturated heterocycles. The van der Waals surface area contributed by atoms with Gasteiger partial charge in [0.15, 0.2) is 5.69 Å². The highest BCUT2D eigenvalue weighted by Gasteiger charge is 2.12. The van der Waals surface area contributed by atoms with Gasteiger partial charge in [0.25, 0.3) is 0 Å². The predicted octanol–water partition coefficient (Wildman–Crippen LogP) is 4.43. The third-order valence-electron chi connectivity index (χ3n) is 4.13. The molecular weight excluding hydrogens is 390 g/mol. The SMILES string of the molecule is COc1ccc(/C=C/C(=O)c2nn(C)cc2Cl)cc1COc1ccc(C#N)cc1. The second-order valence-corrected chi connectivity index (χ2v) is 6.60. The maximum absolute atomic E-state index is 12.3. The van der Waals surface area contributed by atoms with Gasteiger partial charge in [-0.15, -0.1) is 0 Å². The van der Waals surface area contributed by atoms with Crippen LogP contribution in [-0.2, 0) is 13.7 Å². The van der Waals surface area contributed by atoms with Crippen molar-refractivity contribution in [1.82, 2.24) is 9.78 Å². The van der Waals surface area contributed by atoms with Crippen LogP contribution in [0.5, 0.6) is 11.5 Å². The van der Waals surface area contributed by atoms with Gasteiger partial charge in [-0.05, 0) is 48.0 Å². The molecule has 29 heavy (non-hydrogen) atoms. The Hall–Kier alpha value is -3.56. The highest BCUT2D eigenvalue weighted by Crippen LogP contribution is 2.23. The van der Waals surface area contributed by atoms with Crippen molar-refractivity contribution in [3.05, 3.63) is 82.1 Å². The Labute approximate surface area is 173 Å². The summed E-state index contributed by atoms with van der Waals surface area (Å²) >= 11 is 6.02. The van der Waals surface area contributed by atoms with Gasteiger partial charge in [-0.3, -0.25) is 9.48 Å². The van der Waals surface area contributed by atoms with Crippen molar-refractivity contribution in [3.63, 3.8) is 0 Å². The number of methoxy groups -OCH3 is 1. The molecule has 7 heteroatoms. The monoisotopic (exact) mass is 407 g/mol. The fraction of sp³-hybridized carbons (Fsp3) is 0.136. The Morgan fingerprint density at radius 2 is 2.03 bits per heavy atom. The molecule has 1 heterocycles. The van der Waals surface area contributed by atoms with Gasteiger partial charge in [-0.2, -0.15) is 10.4 Å². The molecule has 0 spiro atoms. The van der Waals surface area contributed by atoms with Crippen LogP contribution in [0.2, 0.25) is 5.02 Å². The van der Waals surface area contributed by atoms with E-state index in [1.54, 1.807) is 50.7 Å². The molecule has 0 saturated carbocycles. The first kappa shape index (κ1) is 20.2. The molecule has 0 aliphatic carbocycles. The van der Waals surface area contributed by atoms with Crippen LogP contribution < -0.4 is 9.47 Å². The maximum Gasteiger partial charge on any atom is 0.207 e. The van der Waals surface area contributed by atoms with Gasteiger partial charge in [0.05, 0.1) is 23.8 Å². The highest BCUT2D eigenvalue weighted by molar-refractivity contribution is 6.34. The molecule has 0 radical (unpaired) electrons. The summed E-state index contributed by atoms with van der Waals surface area (Å²) in [5, 5.41) is 13.2. The summed E-state index contributed by atoms with van der Waals surface area (Å²) in [6.07, 6.45) is 4.70. The lowest BCUT2D eigenvalue weighted by atomic mass is 10.1. The molecule has 1 aromatic heterocycles. The Morgan fingerprint density at radius 3 is 2.66 bits per heavy atom. The van der Waals surface area contributed by atoms with Gasteiger partial charge in [0, 0.05) is 18.8 Å². The van der Waals surface area contributed by atoms with Crippen molar-refractivity contribution in [2.75, 3.05) is 7.11 Å². The molecule has 0 unspecified atom stereocenters. The molecule has 2 aromatic carbocycles. The van der Waals surface area contributed by atoms with Crippen molar-refractivity contribution in [3.8, 4) is 17.6 Å². The normalized spacial score (nSPS) is 10.7. The summed E-state index contributed by atoms with van der Waals surface area (Å²) in [6, 6.07) is 14.5. The number of allylic oxidation sites excluding steroid dienone is 1. The van der Waals surface area contributed by atoms with Crippen LogP contribution >= 0.6 is 11.6 Å². The smallest absolute Gasteiger partial charge is 0.207 e. The summed E-state index contributed by atoms with van der Waals surface area (Å²) < 4.78 is 12.7. The van der Waals surface area contributed by atoms with E-state index in [9.17, 15) is 4.79 Å². The number of nitriles is 1. The number of hydrogen-bond donors (Lipinski definition) is 0. The lowest BCUT2D eigenvalue weighted by molar-refractivity contribution is 0.104. The molecule has 0 N–H and O–H groups in total. The number of benzene rings is 2. The van der Waals surface area contributed by atoms with Gasteiger partial charge in [0.2, 0.25) is 5.78 Å². The Bertz CT molecular complexity index is 1100. The van der Waals surface area contributed by atoms with Crippen LogP contribution in [0.25, 0.3) is 6.08 Å². The quantitative estimate of drug-likeness (QED) is 0.427. The maximum atomic E-state index is 12.3. The lowest BCUT2D eigenvalue weighted by Crippen LogP contribution is -2.00. The number of aryl methyl sites for hydroxylation is 1. The summed E-state index contributed by atoms with van der Waals surface area (Å²) in [6.45, 7) is 0.275. The first-order chi connectivity index (χ1) is 14.0. The van der Waals surface area contributed by atoms with Crippen LogP contribution in [0.1, 0.15) is 27.2 Å². The zero-order chi connectivity index (χ0) is 20.8. The van der Waals surface area contributed by atoms with E-state index >= 15 is 0 Å². The number of aromatic nitrogens is 2. The molecule has 0 aliphatic heterocycles. The molecular formula is C22H18ClN3O3. The van der Waals surface area contributed by atoms with E-state index in [0.29, 0.717) is 22.1 Å². The molecule has 146 valence electrons. The van der Waals surface area contributed by atoms with Crippen molar-refractivity contribution < 1.29 is 14.3 Å². The summed E-state index contributed by atoms with van der Waals surface area (Å²) in [5.74, 6) is 1.05. The second-order valence-electron chi connectivity index (χ2n) is 6.19. The third kappa shape index (κ3) is 5.03. The van der Waals surface area contributed by atoms with E-state index in [1.165, 1.54) is 10.8 Å². The molecule has 0 atom stereocenters. The number of carbonyl (C=O) groups excluding carboxylic acids is 1. The predicted molar refractivity (Wildman–Crippen MR) is 110 cm³/mol. The van der Waals surface area contributed by atoms with E-state index < -0.39 is 0 Å². The highest BCUT2D eigenvalue weighted by atomic mass is 35.5. The Kier molecular flexibility index (Phi) is 6.32. The molecule has 3 rings (SSSR count). The Balaban J connectivity index is 1.74. The van der Waals surface area contributed by atoms with Crippen molar-refractivity contribution in [2.45, 2.75) is 6.61 Å². The minimum Gasteiger partial charge on any atom is -0.496 e. The van der Waals surface area contributed by atoms with E-state index in [-0.39, 0.29) is 18.1 Å². The molecule has 3 aromatic rings. The molecule has 6 nitrogen and oxygen atoms in total. The third-order valence-corrected chi connectivity index (χ3v) is 4.40. The van der Waals surface area contributed by atoms with Crippen LogP contribution in [-0.4, -0.2) is 22.7 Å². The minimum atomic E-state index is -0.276. The number of nitrogens with zero attached hydrogens (tertiary/aromatic N) is 3. The minimum absolute atomic E-state index is 0.211. The van der Waals surface area contributed by atoms with Crippen LogP contribution in [0.15, 0.2) is 54.7 Å². The van der Waals surface area contributed by atoms with Gasteiger partial charge in [-0.1, -0.05) is 23.7 Å². The largest absolute Gasteiger partial charge is 0.496 e. The van der Waals surface area contributed by atoms with Gasteiger partial charge >= 0.3 is 0 Å². The molecule has 0 amide bonds. The average Bonchev–Trinajstić information content (AvgIpc) is 3.08. The average molecular weight is 408 g/mol. The number of ketones is 1. The van der Waals surface area contributed by atoms with Crippen LogP contribution in [0, 0.1) is 11.3 Å². The van der Waals surface area contributed by atoms with E-state index in [0.717, 1.165) is 11.1 Å². The summed E-state index contributed by atoms with van der Waals surface area (Å²) in [4.78, 5) is 12.3. The van der Waals surface area contributed by atoms with E-state index in [2.05, 4.69) is 11.2 Å². The second kappa shape index (κ2) is 9.09. The van der Waals surface area contributed by atoms with Crippen LogP contribution in [0.4, 0.5) is 0 Å². The summed E-state index contributed by atoms with van der Waals surface area (Å²) in [5.41, 5.74) is 2.41. The fourth-order valence-corrected chi connectivity index (χ4v) is 2.95. The molecule has 0 fully saturated rings. The van der Waals surface area contributed by atoms with Gasteiger partial charge in [0.1, 0.15) is 18.1 Å². The van der Waals surface area contributed by atoms with Gasteiger partial charge in [-0.25, -0.2) is 0 Å². The van der Waals surface area contributed by atoms with Gasteiger partial charge < -0.3 is 9.47 Å². The molecule has 0 aliphatic rings. The number of halogens is 1. The number of carbonyl (C=O) groups is 1. The Morgan fingerprint density at radius 1 is 1.28 bits per heavy atom. The lowest BCUT2D eigenvalue weighted by Gasteiger charge is -2.11. The number of hydrogen-bond acceptors (Lipinski definition) is 5. The van der Waals surface area contributed by atoms with E-state index in [1.807, 2.05) is 18.2 Å². The van der Waals surface area contributed by atoms with E-state index in [4.69, 9.17) is 26.3 Å². The standard InChI is InChI=1S/C22H18ClN3O3/c1-26-13-19(23)22(25-26)20(27)9-5-15-6-10-21(28-2)17(11-15)14-29-18-7-3-16(12-24)4-8-18/h3-11,13H,14H2,1-2H3/b9-5+. The van der Waals surface area contributed by atoms with Crippen molar-refractivity contribution in [1.29, 1.82) is 5.26 Å². The van der Waals surface area contributed by atoms with Crippen LogP contribution in [0.3, 0.4) is 0 Å². The molecule has 0 bridgehead atoms. The summed E-state index contributed by atoms with van der Waals surface area (Å²) in [7, 11) is 3.29. The zero-order valence-electron chi connectivity index (χ0n) is 15.9. The van der Waals surface area contributed by atoms with Crippen molar-refractivity contribution in [2.24, 2.45) is 7.05 Å². The number of ether oxygens (including phenoxy) is 2. The first-order valence-electron chi connectivity index (χ1n) is 8.71. The fourth-order valence-electron chi connectivity index (χ4n) is 2.68. The first-order valence-corrected chi connectivity index (χ1v) is 9.09. The van der Waals surface area contributed by atoms with Crippen molar-refractivity contribution >= 4 is 23.5 Å². The zero-order valence-corrected chi connectivity index (χ0v) is 16.7. The number of rotatable bonds is 7. The topological polar surface area (TPSA) is 77.1 Å².